The molecule has 0 radical (unpaired) electrons. The van der Waals surface area contributed by atoms with Gasteiger partial charge in [-0.2, -0.15) is 0 Å². The van der Waals surface area contributed by atoms with Crippen molar-refractivity contribution in [3.8, 4) is 0 Å². The van der Waals surface area contributed by atoms with Crippen molar-refractivity contribution >= 4 is 49.4 Å². The summed E-state index contributed by atoms with van der Waals surface area (Å²) in [5.41, 5.74) is 5.08. The highest BCUT2D eigenvalue weighted by atomic mass is 79.9. The quantitative estimate of drug-likeness (QED) is 0.471. The van der Waals surface area contributed by atoms with Crippen molar-refractivity contribution < 1.29 is 22.8 Å². The Kier molecular flexibility index (Phi) is 7.26. The second kappa shape index (κ2) is 9.44. The lowest BCUT2D eigenvalue weighted by atomic mass is 10.2. The minimum Gasteiger partial charge on any atom is -0.326 e. The number of hydrogen-bond donors (Lipinski definition) is 4. The molecule has 0 unspecified atom stereocenters. The molecule has 0 aromatic heterocycles. The predicted molar refractivity (Wildman–Crippen MR) is 106 cm³/mol. The van der Waals surface area contributed by atoms with Gasteiger partial charge >= 0.3 is 0 Å². The van der Waals surface area contributed by atoms with Gasteiger partial charge < -0.3 is 5.32 Å². The van der Waals surface area contributed by atoms with E-state index < -0.39 is 28.4 Å². The van der Waals surface area contributed by atoms with Gasteiger partial charge in [-0.25, -0.2) is 13.1 Å². The fourth-order valence-corrected chi connectivity index (χ4v) is 3.26. The molecular weight excluding hydrogens is 452 g/mol. The maximum absolute atomic E-state index is 12.2. The number of anilines is 1. The minimum absolute atomic E-state index is 0.0756. The van der Waals surface area contributed by atoms with Gasteiger partial charge in [0.2, 0.25) is 15.9 Å². The second-order valence-electron chi connectivity index (χ2n) is 5.54. The third kappa shape index (κ3) is 6.44. The zero-order chi connectivity index (χ0) is 20.7. The van der Waals surface area contributed by atoms with Gasteiger partial charge in [-0.15, -0.1) is 0 Å². The zero-order valence-corrected chi connectivity index (χ0v) is 17.1. The third-order valence-electron chi connectivity index (χ3n) is 3.33. The van der Waals surface area contributed by atoms with Crippen molar-refractivity contribution in [2.75, 3.05) is 11.9 Å². The van der Waals surface area contributed by atoms with Gasteiger partial charge in [0.15, 0.2) is 0 Å². The van der Waals surface area contributed by atoms with Crippen LogP contribution < -0.4 is 20.9 Å². The van der Waals surface area contributed by atoms with E-state index in [1.165, 1.54) is 31.2 Å². The van der Waals surface area contributed by atoms with E-state index in [-0.39, 0.29) is 10.8 Å². The summed E-state index contributed by atoms with van der Waals surface area (Å²) in [6.07, 6.45) is 0. The number of sulfonamides is 1. The number of hydrogen-bond acceptors (Lipinski definition) is 5. The molecule has 0 atom stereocenters. The van der Waals surface area contributed by atoms with E-state index in [4.69, 9.17) is 0 Å². The Labute approximate surface area is 170 Å². The maximum Gasteiger partial charge on any atom is 0.269 e. The van der Waals surface area contributed by atoms with Crippen LogP contribution in [0, 0.1) is 0 Å². The summed E-state index contributed by atoms with van der Waals surface area (Å²) in [5.74, 6) is -1.57. The van der Waals surface area contributed by atoms with E-state index in [1.54, 1.807) is 24.3 Å². The van der Waals surface area contributed by atoms with Gasteiger partial charge in [0.05, 0.1) is 11.4 Å². The summed E-state index contributed by atoms with van der Waals surface area (Å²) < 4.78 is 27.3. The zero-order valence-electron chi connectivity index (χ0n) is 14.7. The normalized spacial score (nSPS) is 10.8. The lowest BCUT2D eigenvalue weighted by Gasteiger charge is -2.10. The topological polar surface area (TPSA) is 133 Å². The predicted octanol–water partition coefficient (Wildman–Crippen LogP) is 1.15. The van der Waals surface area contributed by atoms with Gasteiger partial charge in [0, 0.05) is 22.6 Å². The van der Waals surface area contributed by atoms with E-state index in [1.807, 2.05) is 0 Å². The second-order valence-corrected chi connectivity index (χ2v) is 8.22. The standard InChI is InChI=1S/C17H17BrN4O5S/c1-11(23)20-14-6-8-15(9-7-14)28(26,27)19-10-16(24)21-22-17(25)12-2-4-13(18)5-3-12/h2-9,19H,10H2,1H3,(H,20,23)(H,21,24)(H,22,25). The van der Waals surface area contributed by atoms with Crippen LogP contribution in [0.1, 0.15) is 17.3 Å². The van der Waals surface area contributed by atoms with Crippen molar-refractivity contribution in [3.05, 3.63) is 58.6 Å². The van der Waals surface area contributed by atoms with Gasteiger partial charge in [0.1, 0.15) is 0 Å². The summed E-state index contributed by atoms with van der Waals surface area (Å²) in [4.78, 5) is 34.6. The Morgan fingerprint density at radius 1 is 0.929 bits per heavy atom. The smallest absolute Gasteiger partial charge is 0.269 e. The molecule has 2 aromatic carbocycles. The van der Waals surface area contributed by atoms with Crippen LogP contribution in [0.5, 0.6) is 0 Å². The average Bonchev–Trinajstić information content (AvgIpc) is 2.65. The molecule has 0 aliphatic rings. The molecule has 0 saturated carbocycles. The number of carbonyl (C=O) groups is 3. The Bertz CT molecular complexity index is 976. The van der Waals surface area contributed by atoms with Crippen molar-refractivity contribution in [3.63, 3.8) is 0 Å². The minimum atomic E-state index is -3.94. The lowest BCUT2D eigenvalue weighted by molar-refractivity contribution is -0.120. The molecule has 0 heterocycles. The van der Waals surface area contributed by atoms with Crippen LogP contribution in [0.25, 0.3) is 0 Å². The summed E-state index contributed by atoms with van der Waals surface area (Å²) >= 11 is 3.24. The van der Waals surface area contributed by atoms with Gasteiger partial charge in [0.25, 0.3) is 11.8 Å². The molecule has 9 nitrogen and oxygen atoms in total. The number of benzene rings is 2. The van der Waals surface area contributed by atoms with Crippen LogP contribution in [0.2, 0.25) is 0 Å². The van der Waals surface area contributed by atoms with E-state index in [2.05, 4.69) is 36.8 Å². The molecular formula is C17H17BrN4O5S. The maximum atomic E-state index is 12.2. The first-order valence-corrected chi connectivity index (χ1v) is 10.2. The SMILES string of the molecule is CC(=O)Nc1ccc(S(=O)(=O)NCC(=O)NNC(=O)c2ccc(Br)cc2)cc1. The molecule has 148 valence electrons. The van der Waals surface area contributed by atoms with Gasteiger partial charge in [-0.1, -0.05) is 15.9 Å². The highest BCUT2D eigenvalue weighted by Crippen LogP contribution is 2.13. The third-order valence-corrected chi connectivity index (χ3v) is 5.28. The highest BCUT2D eigenvalue weighted by Gasteiger charge is 2.16. The van der Waals surface area contributed by atoms with Crippen LogP contribution in [0.3, 0.4) is 0 Å². The van der Waals surface area contributed by atoms with Crippen LogP contribution in [-0.4, -0.2) is 32.7 Å². The Morgan fingerprint density at radius 2 is 1.54 bits per heavy atom. The number of amides is 3. The number of halogens is 1. The monoisotopic (exact) mass is 468 g/mol. The van der Waals surface area contributed by atoms with Crippen molar-refractivity contribution in [1.29, 1.82) is 0 Å². The van der Waals surface area contributed by atoms with E-state index in [0.29, 0.717) is 11.3 Å². The summed E-state index contributed by atoms with van der Waals surface area (Å²) in [6, 6.07) is 11.9. The summed E-state index contributed by atoms with van der Waals surface area (Å²) in [6.45, 7) is 0.761. The van der Waals surface area contributed by atoms with Crippen LogP contribution in [0.4, 0.5) is 5.69 Å². The number of rotatable bonds is 6. The van der Waals surface area contributed by atoms with Crippen LogP contribution in [0.15, 0.2) is 57.9 Å². The van der Waals surface area contributed by atoms with Crippen molar-refractivity contribution in [1.82, 2.24) is 15.6 Å². The molecule has 4 N–H and O–H groups in total. The van der Waals surface area contributed by atoms with Crippen LogP contribution >= 0.6 is 15.9 Å². The fourth-order valence-electron chi connectivity index (χ4n) is 2.01. The average molecular weight is 469 g/mol. The molecule has 28 heavy (non-hydrogen) atoms. The van der Waals surface area contributed by atoms with Crippen LogP contribution in [-0.2, 0) is 19.6 Å². The number of nitrogens with one attached hydrogen (secondary N) is 4. The fraction of sp³-hybridized carbons (Fsp3) is 0.118. The summed E-state index contributed by atoms with van der Waals surface area (Å²) in [5, 5.41) is 2.52. The number of carbonyl (C=O) groups excluding carboxylic acids is 3. The number of hydrazine groups is 1. The molecule has 0 aliphatic heterocycles. The Morgan fingerprint density at radius 3 is 2.11 bits per heavy atom. The van der Waals surface area contributed by atoms with Gasteiger partial charge in [-0.05, 0) is 48.5 Å². The molecule has 2 aromatic rings. The highest BCUT2D eigenvalue weighted by molar-refractivity contribution is 9.10. The molecule has 3 amide bonds. The van der Waals surface area contributed by atoms with Crippen molar-refractivity contribution in [2.24, 2.45) is 0 Å². The molecule has 0 bridgehead atoms. The molecule has 0 aliphatic carbocycles. The van der Waals surface area contributed by atoms with Crippen molar-refractivity contribution in [2.45, 2.75) is 11.8 Å². The molecule has 2 rings (SSSR count). The van der Waals surface area contributed by atoms with E-state index in [0.717, 1.165) is 4.47 Å². The molecule has 0 saturated heterocycles. The first-order chi connectivity index (χ1) is 13.2. The lowest BCUT2D eigenvalue weighted by Crippen LogP contribution is -2.46. The molecule has 11 heteroatoms. The summed E-state index contributed by atoms with van der Waals surface area (Å²) in [7, 11) is -3.94. The molecule has 0 spiro atoms. The van der Waals surface area contributed by atoms with E-state index >= 15 is 0 Å². The van der Waals surface area contributed by atoms with E-state index in [9.17, 15) is 22.8 Å². The Hall–Kier alpha value is -2.76. The van der Waals surface area contributed by atoms with Gasteiger partial charge in [-0.3, -0.25) is 25.2 Å². The first kappa shape index (κ1) is 21.5. The largest absolute Gasteiger partial charge is 0.326 e. The first-order valence-electron chi connectivity index (χ1n) is 7.89. The Balaban J connectivity index is 1.86. The molecule has 0 fully saturated rings.